The molecule has 0 bridgehead atoms. The molecule has 2 rings (SSSR count). The molecule has 0 radical (unpaired) electrons. The standard InChI is InChI=1S/C16H15ClFN7/c17-12-9-11(3-4-13(12)18)24-15-14(21)16(23-10-22-15)25(7-1-5-19)8-2-6-20/h3-4,9-10H,1-2,7-8,21H2,(H,22,23,24). The fourth-order valence-electron chi connectivity index (χ4n) is 2.14. The van der Waals surface area contributed by atoms with E-state index in [1.54, 1.807) is 4.90 Å². The third kappa shape index (κ3) is 4.69. The van der Waals surface area contributed by atoms with Crippen molar-refractivity contribution in [3.05, 3.63) is 35.4 Å². The Morgan fingerprint density at radius 2 is 1.88 bits per heavy atom. The van der Waals surface area contributed by atoms with Crippen molar-refractivity contribution in [2.75, 3.05) is 29.0 Å². The van der Waals surface area contributed by atoms with E-state index < -0.39 is 5.82 Å². The number of rotatable bonds is 7. The van der Waals surface area contributed by atoms with Crippen molar-refractivity contribution in [2.24, 2.45) is 0 Å². The average Bonchev–Trinajstić information content (AvgIpc) is 2.60. The number of anilines is 4. The minimum atomic E-state index is -0.525. The zero-order valence-corrected chi connectivity index (χ0v) is 14.0. The number of nitriles is 2. The largest absolute Gasteiger partial charge is 0.393 e. The molecule has 1 heterocycles. The van der Waals surface area contributed by atoms with Gasteiger partial charge in [0.05, 0.1) is 30.0 Å². The summed E-state index contributed by atoms with van der Waals surface area (Å²) in [6.45, 7) is 0.780. The first kappa shape index (κ1) is 18.2. The number of halogens is 2. The van der Waals surface area contributed by atoms with Crippen LogP contribution in [0.1, 0.15) is 12.8 Å². The highest BCUT2D eigenvalue weighted by Gasteiger charge is 2.15. The molecule has 0 saturated heterocycles. The number of nitrogens with zero attached hydrogens (tertiary/aromatic N) is 5. The Morgan fingerprint density at radius 3 is 2.48 bits per heavy atom. The van der Waals surface area contributed by atoms with Gasteiger partial charge in [0, 0.05) is 18.8 Å². The summed E-state index contributed by atoms with van der Waals surface area (Å²) < 4.78 is 13.3. The molecule has 0 saturated carbocycles. The molecule has 1 aromatic carbocycles. The summed E-state index contributed by atoms with van der Waals surface area (Å²) >= 11 is 5.77. The number of benzene rings is 1. The van der Waals surface area contributed by atoms with Crippen molar-refractivity contribution >= 4 is 34.6 Å². The molecule has 0 fully saturated rings. The maximum absolute atomic E-state index is 13.3. The second kappa shape index (κ2) is 8.67. The van der Waals surface area contributed by atoms with E-state index in [1.807, 2.05) is 0 Å². The van der Waals surface area contributed by atoms with Crippen LogP contribution in [0, 0.1) is 28.5 Å². The van der Waals surface area contributed by atoms with Crippen LogP contribution in [0.3, 0.4) is 0 Å². The van der Waals surface area contributed by atoms with Gasteiger partial charge in [0.15, 0.2) is 11.6 Å². The van der Waals surface area contributed by atoms with Crippen molar-refractivity contribution in [3.63, 3.8) is 0 Å². The smallest absolute Gasteiger partial charge is 0.159 e. The third-order valence-corrected chi connectivity index (χ3v) is 3.62. The fourth-order valence-corrected chi connectivity index (χ4v) is 2.32. The van der Waals surface area contributed by atoms with Gasteiger partial charge in [-0.3, -0.25) is 0 Å². The predicted octanol–water partition coefficient (Wildman–Crippen LogP) is 3.23. The lowest BCUT2D eigenvalue weighted by Crippen LogP contribution is -2.27. The van der Waals surface area contributed by atoms with Crippen LogP contribution in [-0.2, 0) is 0 Å². The molecule has 0 aliphatic rings. The maximum atomic E-state index is 13.3. The van der Waals surface area contributed by atoms with Gasteiger partial charge in [0.1, 0.15) is 17.8 Å². The molecule has 128 valence electrons. The van der Waals surface area contributed by atoms with Gasteiger partial charge in [-0.15, -0.1) is 0 Å². The summed E-state index contributed by atoms with van der Waals surface area (Å²) in [4.78, 5) is 10.0. The van der Waals surface area contributed by atoms with Gasteiger partial charge in [-0.05, 0) is 18.2 Å². The van der Waals surface area contributed by atoms with Crippen LogP contribution >= 0.6 is 11.6 Å². The lowest BCUT2D eigenvalue weighted by molar-refractivity contribution is 0.628. The summed E-state index contributed by atoms with van der Waals surface area (Å²) in [6, 6.07) is 8.27. The molecule has 0 aliphatic carbocycles. The normalized spacial score (nSPS) is 9.92. The van der Waals surface area contributed by atoms with E-state index in [1.165, 1.54) is 24.5 Å². The molecule has 25 heavy (non-hydrogen) atoms. The summed E-state index contributed by atoms with van der Waals surface area (Å²) in [6.07, 6.45) is 1.86. The zero-order chi connectivity index (χ0) is 18.2. The highest BCUT2D eigenvalue weighted by Crippen LogP contribution is 2.30. The fraction of sp³-hybridized carbons (Fsp3) is 0.250. The quantitative estimate of drug-likeness (QED) is 0.779. The Bertz CT molecular complexity index is 810. The van der Waals surface area contributed by atoms with E-state index in [9.17, 15) is 4.39 Å². The summed E-state index contributed by atoms with van der Waals surface area (Å²) in [7, 11) is 0. The molecule has 0 unspecified atom stereocenters. The van der Waals surface area contributed by atoms with Gasteiger partial charge in [-0.1, -0.05) is 11.6 Å². The Hall–Kier alpha value is -3.10. The summed E-state index contributed by atoms with van der Waals surface area (Å²) in [5.41, 5.74) is 6.92. The van der Waals surface area contributed by atoms with E-state index in [0.717, 1.165) is 0 Å². The SMILES string of the molecule is N#CCCN(CCC#N)c1ncnc(Nc2ccc(F)c(Cl)c2)c1N. The summed E-state index contributed by atoms with van der Waals surface area (Å²) in [5, 5.41) is 20.5. The first-order valence-corrected chi connectivity index (χ1v) is 7.76. The molecule has 0 spiro atoms. The Kier molecular flexibility index (Phi) is 6.33. The van der Waals surface area contributed by atoms with E-state index >= 15 is 0 Å². The number of nitrogen functional groups attached to an aromatic ring is 1. The highest BCUT2D eigenvalue weighted by atomic mass is 35.5. The molecule has 0 aliphatic heterocycles. The molecule has 0 amide bonds. The third-order valence-electron chi connectivity index (χ3n) is 3.33. The van der Waals surface area contributed by atoms with E-state index in [-0.39, 0.29) is 23.6 Å². The minimum absolute atomic E-state index is 0.0254. The Labute approximate surface area is 149 Å². The number of nitrogens with two attached hydrogens (primary N) is 1. The van der Waals surface area contributed by atoms with Crippen LogP contribution in [0.2, 0.25) is 5.02 Å². The van der Waals surface area contributed by atoms with Crippen molar-refractivity contribution in [1.82, 2.24) is 9.97 Å². The second-order valence-electron chi connectivity index (χ2n) is 5.02. The maximum Gasteiger partial charge on any atom is 0.159 e. The molecular formula is C16H15ClFN7. The first-order valence-electron chi connectivity index (χ1n) is 7.38. The van der Waals surface area contributed by atoms with Crippen molar-refractivity contribution in [1.29, 1.82) is 10.5 Å². The molecule has 1 aromatic heterocycles. The number of nitrogens with one attached hydrogen (secondary N) is 1. The van der Waals surface area contributed by atoms with Crippen LogP contribution in [0.4, 0.5) is 27.4 Å². The van der Waals surface area contributed by atoms with Crippen LogP contribution in [0.5, 0.6) is 0 Å². The van der Waals surface area contributed by atoms with Crippen molar-refractivity contribution in [3.8, 4) is 12.1 Å². The summed E-state index contributed by atoms with van der Waals surface area (Å²) in [5.74, 6) is 0.227. The first-order chi connectivity index (χ1) is 12.1. The minimum Gasteiger partial charge on any atom is -0.393 e. The Balaban J connectivity index is 2.29. The van der Waals surface area contributed by atoms with Crippen molar-refractivity contribution in [2.45, 2.75) is 12.8 Å². The topological polar surface area (TPSA) is 115 Å². The predicted molar refractivity (Wildman–Crippen MR) is 93.8 cm³/mol. The zero-order valence-electron chi connectivity index (χ0n) is 13.2. The lowest BCUT2D eigenvalue weighted by Gasteiger charge is -2.23. The van der Waals surface area contributed by atoms with Gasteiger partial charge in [0.2, 0.25) is 0 Å². The number of aromatic nitrogens is 2. The molecule has 9 heteroatoms. The van der Waals surface area contributed by atoms with Gasteiger partial charge >= 0.3 is 0 Å². The van der Waals surface area contributed by atoms with E-state index in [2.05, 4.69) is 27.4 Å². The monoisotopic (exact) mass is 359 g/mol. The molecule has 3 N–H and O–H groups in total. The van der Waals surface area contributed by atoms with Crippen LogP contribution in [0.15, 0.2) is 24.5 Å². The molecule has 2 aromatic rings. The Morgan fingerprint density at radius 1 is 1.20 bits per heavy atom. The lowest BCUT2D eigenvalue weighted by atomic mass is 10.3. The molecule has 7 nitrogen and oxygen atoms in total. The molecular weight excluding hydrogens is 345 g/mol. The van der Waals surface area contributed by atoms with Gasteiger partial charge in [0.25, 0.3) is 0 Å². The van der Waals surface area contributed by atoms with Gasteiger partial charge in [-0.2, -0.15) is 10.5 Å². The second-order valence-corrected chi connectivity index (χ2v) is 5.42. The van der Waals surface area contributed by atoms with E-state index in [4.69, 9.17) is 27.9 Å². The van der Waals surface area contributed by atoms with Crippen molar-refractivity contribution < 1.29 is 4.39 Å². The number of hydrogen-bond acceptors (Lipinski definition) is 7. The van der Waals surface area contributed by atoms with Crippen LogP contribution in [0.25, 0.3) is 0 Å². The van der Waals surface area contributed by atoms with Crippen LogP contribution in [-0.4, -0.2) is 23.1 Å². The van der Waals surface area contributed by atoms with E-state index in [0.29, 0.717) is 30.4 Å². The average molecular weight is 360 g/mol. The highest BCUT2D eigenvalue weighted by molar-refractivity contribution is 6.31. The van der Waals surface area contributed by atoms with Crippen LogP contribution < -0.4 is 16.0 Å². The molecule has 0 atom stereocenters. The number of hydrogen-bond donors (Lipinski definition) is 2. The van der Waals surface area contributed by atoms with Gasteiger partial charge in [-0.25, -0.2) is 14.4 Å². The van der Waals surface area contributed by atoms with Gasteiger partial charge < -0.3 is 16.0 Å².